The minimum Gasteiger partial charge on any atom is -0.497 e. The lowest BCUT2D eigenvalue weighted by molar-refractivity contribution is -0.132. The first-order valence-electron chi connectivity index (χ1n) is 13.1. The van der Waals surface area contributed by atoms with E-state index in [1.54, 1.807) is 55.6 Å². The monoisotopic (exact) mass is 564 g/mol. The van der Waals surface area contributed by atoms with Crippen molar-refractivity contribution < 1.29 is 23.5 Å². The number of methoxy groups -OCH3 is 1. The highest BCUT2D eigenvalue weighted by atomic mass is 19.1. The van der Waals surface area contributed by atoms with Crippen molar-refractivity contribution >= 4 is 23.3 Å². The van der Waals surface area contributed by atoms with Crippen LogP contribution in [0.1, 0.15) is 17.3 Å². The van der Waals surface area contributed by atoms with Crippen LogP contribution in [0.2, 0.25) is 0 Å². The number of carbonyl (C=O) groups is 2. The minimum absolute atomic E-state index is 0.191. The Labute approximate surface area is 242 Å². The number of hydrogen-bond donors (Lipinski definition) is 1. The summed E-state index contributed by atoms with van der Waals surface area (Å²) in [5.74, 6) is -0.343. The molecule has 0 fully saturated rings. The van der Waals surface area contributed by atoms with Crippen LogP contribution in [-0.2, 0) is 4.79 Å². The Morgan fingerprint density at radius 3 is 2.02 bits per heavy atom. The van der Waals surface area contributed by atoms with Crippen LogP contribution in [0, 0.1) is 5.82 Å². The van der Waals surface area contributed by atoms with E-state index in [1.807, 2.05) is 55.4 Å². The first kappa shape index (κ1) is 28.1. The third-order valence-corrected chi connectivity index (χ3v) is 6.60. The van der Waals surface area contributed by atoms with E-state index in [2.05, 4.69) is 5.32 Å². The van der Waals surface area contributed by atoms with Gasteiger partial charge in [-0.05, 0) is 78.4 Å². The molecule has 0 saturated carbocycles. The number of esters is 1. The molecule has 0 aliphatic heterocycles. The molecule has 0 saturated heterocycles. The van der Waals surface area contributed by atoms with Crippen LogP contribution in [0.3, 0.4) is 0 Å². The average Bonchev–Trinajstić information content (AvgIpc) is 3.36. The molecule has 1 N–H and O–H groups in total. The smallest absolute Gasteiger partial charge is 0.309 e. The average molecular weight is 565 g/mol. The third kappa shape index (κ3) is 6.00. The highest BCUT2D eigenvalue weighted by Crippen LogP contribution is 2.41. The lowest BCUT2D eigenvalue weighted by Gasteiger charge is -2.13. The predicted molar refractivity (Wildman–Crippen MR) is 161 cm³/mol. The molecule has 5 aromatic rings. The summed E-state index contributed by atoms with van der Waals surface area (Å²) in [5, 5.41) is 7.73. The topological polar surface area (TPSA) is 85.7 Å². The molecule has 0 radical (unpaired) electrons. The summed E-state index contributed by atoms with van der Waals surface area (Å²) in [6, 6.07) is 27.6. The molecule has 1 amide bonds. The molecule has 4 aromatic carbocycles. The first-order chi connectivity index (χ1) is 20.2. The highest BCUT2D eigenvalue weighted by Gasteiger charge is 2.25. The summed E-state index contributed by atoms with van der Waals surface area (Å²) in [6.07, 6.45) is 0. The maximum atomic E-state index is 13.7. The largest absolute Gasteiger partial charge is 0.497 e. The van der Waals surface area contributed by atoms with E-state index in [0.717, 1.165) is 11.3 Å². The van der Waals surface area contributed by atoms with Gasteiger partial charge in [0.05, 0.1) is 18.4 Å². The molecular formula is C33H29FN4O4. The Bertz CT molecular complexity index is 1710. The number of aromatic nitrogens is 2. The minimum atomic E-state index is -0.530. The van der Waals surface area contributed by atoms with Gasteiger partial charge in [-0.2, -0.15) is 9.78 Å². The second kappa shape index (κ2) is 12.0. The van der Waals surface area contributed by atoms with Gasteiger partial charge in [-0.15, -0.1) is 0 Å². The zero-order chi connectivity index (χ0) is 29.8. The van der Waals surface area contributed by atoms with Crippen LogP contribution in [0.25, 0.3) is 28.1 Å². The first-order valence-corrected chi connectivity index (χ1v) is 13.1. The summed E-state index contributed by atoms with van der Waals surface area (Å²) in [4.78, 5) is 27.0. The van der Waals surface area contributed by atoms with Crippen LogP contribution in [-0.4, -0.2) is 42.9 Å². The standard InChI is InChI=1S/C33H29FN4O4/c1-21(39)42-33-30(22-5-13-26(14-6-22)35-32(40)24-9-19-29(41-4)20-10-24)31(23-7-15-27(16-8-23)37(2)3)36-38(33)28-17-11-25(34)12-18-28/h5-20H,1-4H3,(H,35,40). The highest BCUT2D eigenvalue weighted by molar-refractivity contribution is 6.04. The quantitative estimate of drug-likeness (QED) is 0.214. The molecule has 5 rings (SSSR count). The predicted octanol–water partition coefficient (Wildman–Crippen LogP) is 6.60. The van der Waals surface area contributed by atoms with Crippen molar-refractivity contribution in [1.29, 1.82) is 0 Å². The molecule has 9 heteroatoms. The van der Waals surface area contributed by atoms with E-state index >= 15 is 0 Å². The third-order valence-electron chi connectivity index (χ3n) is 6.60. The van der Waals surface area contributed by atoms with Crippen molar-refractivity contribution in [2.45, 2.75) is 6.92 Å². The number of benzene rings is 4. The molecule has 0 aliphatic rings. The zero-order valence-corrected chi connectivity index (χ0v) is 23.6. The summed E-state index contributed by atoms with van der Waals surface area (Å²) < 4.78 is 26.1. The molecule has 0 unspecified atom stereocenters. The Kier molecular flexibility index (Phi) is 8.01. The lowest BCUT2D eigenvalue weighted by Crippen LogP contribution is -2.11. The summed E-state index contributed by atoms with van der Waals surface area (Å²) >= 11 is 0. The van der Waals surface area contributed by atoms with E-state index in [0.29, 0.717) is 39.5 Å². The number of amides is 1. The molecule has 212 valence electrons. The number of carbonyl (C=O) groups excluding carboxylic acids is 2. The Morgan fingerprint density at radius 1 is 0.833 bits per heavy atom. The number of anilines is 2. The van der Waals surface area contributed by atoms with Crippen LogP contribution in [0.5, 0.6) is 11.6 Å². The van der Waals surface area contributed by atoms with Crippen LogP contribution >= 0.6 is 0 Å². The van der Waals surface area contributed by atoms with Gasteiger partial charge in [0.25, 0.3) is 5.91 Å². The molecule has 0 bridgehead atoms. The van der Waals surface area contributed by atoms with Gasteiger partial charge in [-0.25, -0.2) is 4.39 Å². The van der Waals surface area contributed by atoms with E-state index in [4.69, 9.17) is 14.6 Å². The molecule has 0 aliphatic carbocycles. The van der Waals surface area contributed by atoms with Gasteiger partial charge in [0.15, 0.2) is 0 Å². The van der Waals surface area contributed by atoms with Crippen molar-refractivity contribution in [2.75, 3.05) is 31.4 Å². The van der Waals surface area contributed by atoms with Crippen molar-refractivity contribution in [3.8, 4) is 39.7 Å². The number of nitrogens with zero attached hydrogens (tertiary/aromatic N) is 3. The van der Waals surface area contributed by atoms with Gasteiger partial charge in [0, 0.05) is 43.5 Å². The lowest BCUT2D eigenvalue weighted by atomic mass is 10.0. The molecular weight excluding hydrogens is 535 g/mol. The van der Waals surface area contributed by atoms with E-state index in [1.165, 1.54) is 23.7 Å². The van der Waals surface area contributed by atoms with Crippen molar-refractivity contribution in [1.82, 2.24) is 9.78 Å². The summed E-state index contributed by atoms with van der Waals surface area (Å²) in [6.45, 7) is 1.31. The van der Waals surface area contributed by atoms with Crippen molar-refractivity contribution in [3.05, 3.63) is 108 Å². The van der Waals surface area contributed by atoms with Gasteiger partial charge >= 0.3 is 5.97 Å². The molecule has 42 heavy (non-hydrogen) atoms. The molecule has 1 aromatic heterocycles. The molecule has 8 nitrogen and oxygen atoms in total. The number of rotatable bonds is 8. The van der Waals surface area contributed by atoms with Gasteiger partial charge < -0.3 is 19.7 Å². The normalized spacial score (nSPS) is 10.7. The van der Waals surface area contributed by atoms with E-state index in [-0.39, 0.29) is 11.8 Å². The van der Waals surface area contributed by atoms with Crippen molar-refractivity contribution in [3.63, 3.8) is 0 Å². The molecule has 0 spiro atoms. The zero-order valence-electron chi connectivity index (χ0n) is 23.6. The van der Waals surface area contributed by atoms with Gasteiger partial charge in [0.2, 0.25) is 5.88 Å². The molecule has 0 atom stereocenters. The number of hydrogen-bond acceptors (Lipinski definition) is 6. The van der Waals surface area contributed by atoms with E-state index < -0.39 is 11.8 Å². The SMILES string of the molecule is COc1ccc(C(=O)Nc2ccc(-c3c(-c4ccc(N(C)C)cc4)nn(-c4ccc(F)cc4)c3OC(C)=O)cc2)cc1. The van der Waals surface area contributed by atoms with Gasteiger partial charge in [-0.1, -0.05) is 24.3 Å². The number of ether oxygens (including phenoxy) is 2. The van der Waals surface area contributed by atoms with Gasteiger partial charge in [0.1, 0.15) is 17.3 Å². The fourth-order valence-electron chi connectivity index (χ4n) is 4.44. The van der Waals surface area contributed by atoms with E-state index in [9.17, 15) is 14.0 Å². The van der Waals surface area contributed by atoms with Crippen LogP contribution < -0.4 is 19.7 Å². The van der Waals surface area contributed by atoms with Crippen LogP contribution in [0.4, 0.5) is 15.8 Å². The maximum Gasteiger partial charge on any atom is 0.309 e. The van der Waals surface area contributed by atoms with Crippen molar-refractivity contribution in [2.24, 2.45) is 0 Å². The summed E-state index contributed by atoms with van der Waals surface area (Å²) in [7, 11) is 5.48. The second-order valence-corrected chi connectivity index (χ2v) is 9.71. The fraction of sp³-hybridized carbons (Fsp3) is 0.121. The van der Waals surface area contributed by atoms with Gasteiger partial charge in [-0.3, -0.25) is 9.59 Å². The summed E-state index contributed by atoms with van der Waals surface area (Å²) in [5.41, 5.74) is 5.23. The van der Waals surface area contributed by atoms with Crippen LogP contribution in [0.15, 0.2) is 97.1 Å². The Balaban J connectivity index is 1.58. The fourth-order valence-corrected chi connectivity index (χ4v) is 4.44. The number of halogens is 1. The number of nitrogens with one attached hydrogen (secondary N) is 1. The second-order valence-electron chi connectivity index (χ2n) is 9.71. The molecule has 1 heterocycles. The Morgan fingerprint density at radius 2 is 1.45 bits per heavy atom. The maximum absolute atomic E-state index is 13.7. The Hall–Kier alpha value is -5.44.